The van der Waals surface area contributed by atoms with Gasteiger partial charge in [-0.3, -0.25) is 4.79 Å². The summed E-state index contributed by atoms with van der Waals surface area (Å²) < 4.78 is 16.2. The summed E-state index contributed by atoms with van der Waals surface area (Å²) in [5.41, 5.74) is 0. The first-order valence-corrected chi connectivity index (χ1v) is 5.83. The maximum absolute atomic E-state index is 11.5. The fraction of sp³-hybridized carbons (Fsp3) is 0.875. The summed E-state index contributed by atoms with van der Waals surface area (Å²) in [6.07, 6.45) is 2.70. The standard InChI is InChI=1S/C8H15O3P/c1-7(9)11-5-6-12(10)8(2)3-4-8/h12H,3-6H2,1-2H3. The average Bonchev–Trinajstić information content (AvgIpc) is 2.68. The minimum atomic E-state index is -1.52. The lowest BCUT2D eigenvalue weighted by molar-refractivity contribution is -0.140. The van der Waals surface area contributed by atoms with Crippen LogP contribution in [0, 0.1) is 0 Å². The van der Waals surface area contributed by atoms with Gasteiger partial charge in [0.2, 0.25) is 0 Å². The van der Waals surface area contributed by atoms with Crippen LogP contribution in [-0.2, 0) is 14.1 Å². The van der Waals surface area contributed by atoms with Gasteiger partial charge in [-0.1, -0.05) is 6.92 Å². The molecule has 0 N–H and O–H groups in total. The Labute approximate surface area is 73.3 Å². The molecule has 4 heteroatoms. The lowest BCUT2D eigenvalue weighted by Gasteiger charge is -2.07. The zero-order chi connectivity index (χ0) is 9.19. The van der Waals surface area contributed by atoms with Crippen LogP contribution in [-0.4, -0.2) is 23.9 Å². The predicted molar refractivity (Wildman–Crippen MR) is 48.1 cm³/mol. The second-order valence-electron chi connectivity index (χ2n) is 3.57. The van der Waals surface area contributed by atoms with Crippen molar-refractivity contribution in [3.63, 3.8) is 0 Å². The Bertz CT molecular complexity index is 208. The number of hydrogen-bond donors (Lipinski definition) is 0. The summed E-state index contributed by atoms with van der Waals surface area (Å²) in [6.45, 7) is 3.74. The van der Waals surface area contributed by atoms with Gasteiger partial charge in [-0.2, -0.15) is 0 Å². The van der Waals surface area contributed by atoms with Gasteiger partial charge in [0.05, 0.1) is 14.4 Å². The van der Waals surface area contributed by atoms with E-state index in [2.05, 4.69) is 0 Å². The molecule has 1 fully saturated rings. The number of carbonyl (C=O) groups excluding carboxylic acids is 1. The number of rotatable bonds is 4. The molecule has 1 aliphatic rings. The molecule has 1 saturated carbocycles. The normalized spacial score (nSPS) is 21.5. The van der Waals surface area contributed by atoms with Crippen molar-refractivity contribution in [3.05, 3.63) is 0 Å². The van der Waals surface area contributed by atoms with E-state index in [1.807, 2.05) is 6.92 Å². The second-order valence-corrected chi connectivity index (χ2v) is 6.13. The van der Waals surface area contributed by atoms with E-state index < -0.39 is 7.80 Å². The molecule has 0 aromatic carbocycles. The maximum atomic E-state index is 11.5. The van der Waals surface area contributed by atoms with Crippen molar-refractivity contribution >= 4 is 13.8 Å². The van der Waals surface area contributed by atoms with Gasteiger partial charge in [0.15, 0.2) is 0 Å². The Balaban J connectivity index is 2.15. The van der Waals surface area contributed by atoms with Gasteiger partial charge in [0.1, 0.15) is 0 Å². The molecule has 3 nitrogen and oxygen atoms in total. The van der Waals surface area contributed by atoms with E-state index in [1.54, 1.807) is 0 Å². The molecule has 0 heterocycles. The van der Waals surface area contributed by atoms with E-state index >= 15 is 0 Å². The van der Waals surface area contributed by atoms with Crippen molar-refractivity contribution in [3.8, 4) is 0 Å². The fourth-order valence-corrected chi connectivity index (χ4v) is 2.63. The molecule has 0 spiro atoms. The number of esters is 1. The van der Waals surface area contributed by atoms with Crippen molar-refractivity contribution in [1.29, 1.82) is 0 Å². The van der Waals surface area contributed by atoms with Crippen molar-refractivity contribution in [2.45, 2.75) is 31.8 Å². The SMILES string of the molecule is CC(=O)OCC[PH](=O)C1(C)CC1. The van der Waals surface area contributed by atoms with Crippen LogP contribution in [0.2, 0.25) is 0 Å². The molecule has 70 valence electrons. The van der Waals surface area contributed by atoms with Crippen molar-refractivity contribution < 1.29 is 14.1 Å². The zero-order valence-corrected chi connectivity index (χ0v) is 8.55. The van der Waals surface area contributed by atoms with Crippen LogP contribution in [0.3, 0.4) is 0 Å². The molecule has 0 amide bonds. The number of ether oxygens (including phenoxy) is 1. The highest BCUT2D eigenvalue weighted by molar-refractivity contribution is 7.47. The van der Waals surface area contributed by atoms with Crippen LogP contribution in [0.15, 0.2) is 0 Å². The van der Waals surface area contributed by atoms with Gasteiger partial charge >= 0.3 is 5.97 Å². The molecule has 0 radical (unpaired) electrons. The minimum Gasteiger partial charge on any atom is -0.465 e. The maximum Gasteiger partial charge on any atom is 0.302 e. The highest BCUT2D eigenvalue weighted by Gasteiger charge is 2.42. The molecule has 12 heavy (non-hydrogen) atoms. The minimum absolute atomic E-state index is 0.102. The summed E-state index contributed by atoms with van der Waals surface area (Å²) in [5.74, 6) is -0.286. The zero-order valence-electron chi connectivity index (χ0n) is 7.55. The molecular weight excluding hydrogens is 175 g/mol. The lowest BCUT2D eigenvalue weighted by Crippen LogP contribution is -2.05. The molecule has 1 aliphatic carbocycles. The van der Waals surface area contributed by atoms with E-state index in [4.69, 9.17) is 4.74 Å². The third-order valence-electron chi connectivity index (χ3n) is 2.31. The molecule has 0 saturated heterocycles. The first kappa shape index (κ1) is 9.79. The Morgan fingerprint density at radius 2 is 2.17 bits per heavy atom. The fourth-order valence-electron chi connectivity index (χ4n) is 1.06. The molecule has 0 aromatic rings. The smallest absolute Gasteiger partial charge is 0.302 e. The molecule has 1 rings (SSSR count). The van der Waals surface area contributed by atoms with Crippen LogP contribution in [0.5, 0.6) is 0 Å². The van der Waals surface area contributed by atoms with E-state index in [1.165, 1.54) is 6.92 Å². The molecule has 0 bridgehead atoms. The largest absolute Gasteiger partial charge is 0.465 e. The van der Waals surface area contributed by atoms with Crippen LogP contribution in [0.4, 0.5) is 0 Å². The lowest BCUT2D eigenvalue weighted by atomic mass is 10.5. The van der Waals surface area contributed by atoms with Crippen molar-refractivity contribution in [2.24, 2.45) is 0 Å². The molecular formula is C8H15O3P. The van der Waals surface area contributed by atoms with E-state index in [9.17, 15) is 9.36 Å². The van der Waals surface area contributed by atoms with Gasteiger partial charge in [-0.05, 0) is 12.8 Å². The third kappa shape index (κ3) is 2.63. The number of hydrogen-bond acceptors (Lipinski definition) is 3. The van der Waals surface area contributed by atoms with Crippen LogP contribution in [0.1, 0.15) is 26.7 Å². The van der Waals surface area contributed by atoms with Crippen LogP contribution < -0.4 is 0 Å². The molecule has 1 atom stereocenters. The Morgan fingerprint density at radius 3 is 2.58 bits per heavy atom. The van der Waals surface area contributed by atoms with Crippen LogP contribution >= 0.6 is 7.80 Å². The molecule has 0 aromatic heterocycles. The Hall–Kier alpha value is -0.300. The highest BCUT2D eigenvalue weighted by Crippen LogP contribution is 2.56. The van der Waals surface area contributed by atoms with E-state index in [0.29, 0.717) is 12.8 Å². The summed E-state index contributed by atoms with van der Waals surface area (Å²) in [4.78, 5) is 10.4. The quantitative estimate of drug-likeness (QED) is 0.500. The monoisotopic (exact) mass is 190 g/mol. The highest BCUT2D eigenvalue weighted by atomic mass is 31.1. The third-order valence-corrected chi connectivity index (χ3v) is 4.81. The summed E-state index contributed by atoms with van der Waals surface area (Å²) in [7, 11) is -1.52. The molecule has 0 aliphatic heterocycles. The topological polar surface area (TPSA) is 43.4 Å². The van der Waals surface area contributed by atoms with Crippen LogP contribution in [0.25, 0.3) is 0 Å². The summed E-state index contributed by atoms with van der Waals surface area (Å²) in [5, 5.41) is 0.102. The molecule has 1 unspecified atom stereocenters. The van der Waals surface area contributed by atoms with E-state index in [0.717, 1.165) is 12.8 Å². The first-order chi connectivity index (χ1) is 5.54. The van der Waals surface area contributed by atoms with Gasteiger partial charge in [-0.15, -0.1) is 0 Å². The van der Waals surface area contributed by atoms with Gasteiger partial charge in [0.25, 0.3) is 0 Å². The average molecular weight is 190 g/mol. The van der Waals surface area contributed by atoms with Gasteiger partial charge < -0.3 is 9.30 Å². The Morgan fingerprint density at radius 1 is 1.58 bits per heavy atom. The summed E-state index contributed by atoms with van der Waals surface area (Å²) in [6, 6.07) is 0. The van der Waals surface area contributed by atoms with Crippen molar-refractivity contribution in [1.82, 2.24) is 0 Å². The second kappa shape index (κ2) is 3.61. The van der Waals surface area contributed by atoms with Gasteiger partial charge in [-0.25, -0.2) is 0 Å². The summed E-state index contributed by atoms with van der Waals surface area (Å²) >= 11 is 0. The predicted octanol–water partition coefficient (Wildman–Crippen LogP) is 1.66. The van der Waals surface area contributed by atoms with Gasteiger partial charge in [0, 0.05) is 18.2 Å². The number of carbonyl (C=O) groups is 1. The first-order valence-electron chi connectivity index (χ1n) is 4.21. The van der Waals surface area contributed by atoms with E-state index in [-0.39, 0.29) is 11.1 Å². The Kier molecular flexibility index (Phi) is 2.94. The van der Waals surface area contributed by atoms with Crippen molar-refractivity contribution in [2.75, 3.05) is 12.8 Å².